The summed E-state index contributed by atoms with van der Waals surface area (Å²) >= 11 is 0. The van der Waals surface area contributed by atoms with Gasteiger partial charge < -0.3 is 19.1 Å². The van der Waals surface area contributed by atoms with Crippen LogP contribution in [-0.2, 0) is 29.5 Å². The standard InChI is InChI=1S/C32H30F3N5O6S/c33-24-12-19(15-36)4-5-21(24)18-45-29-3-1-2-25(37-29)20-6-9-39(10-7-20)17-28-38-30-26(40(28)16-23-8-11-47(23,43)44)13-22(31(41)42)14-27(30)46-32(34)35/h1-5,12-14,20,23,32H,6-11,16-18H2,(H,41,42)/t23-/m0/s1. The Hall–Kier alpha value is -4.68. The molecule has 2 saturated heterocycles. The first-order chi connectivity index (χ1) is 22.5. The van der Waals surface area contributed by atoms with Gasteiger partial charge in [0.05, 0.1) is 40.3 Å². The van der Waals surface area contributed by atoms with Gasteiger partial charge in [0.25, 0.3) is 0 Å². The molecule has 2 aromatic heterocycles. The van der Waals surface area contributed by atoms with Crippen molar-refractivity contribution in [3.05, 3.63) is 82.6 Å². The van der Waals surface area contributed by atoms with Gasteiger partial charge in [0.1, 0.15) is 23.8 Å². The number of hydrogen-bond donors (Lipinski definition) is 1. The molecular weight excluding hydrogens is 639 g/mol. The van der Waals surface area contributed by atoms with Crippen molar-refractivity contribution < 1.29 is 41.0 Å². The van der Waals surface area contributed by atoms with Crippen LogP contribution in [0.4, 0.5) is 13.2 Å². The number of carboxylic acids is 1. The van der Waals surface area contributed by atoms with Gasteiger partial charge in [-0.25, -0.2) is 27.6 Å². The fourth-order valence-electron chi connectivity index (χ4n) is 5.97. The number of nitriles is 1. The number of carboxylic acid groups (broad SMARTS) is 1. The number of hydrogen-bond acceptors (Lipinski definition) is 9. The number of fused-ring (bicyclic) bond motifs is 1. The van der Waals surface area contributed by atoms with Crippen molar-refractivity contribution in [3.63, 3.8) is 0 Å². The Morgan fingerprint density at radius 2 is 1.89 bits per heavy atom. The van der Waals surface area contributed by atoms with Gasteiger partial charge in [-0.2, -0.15) is 14.0 Å². The number of aromatic carboxylic acids is 1. The number of nitrogens with zero attached hydrogens (tertiary/aromatic N) is 5. The van der Waals surface area contributed by atoms with E-state index in [1.807, 2.05) is 18.2 Å². The molecule has 2 aromatic carbocycles. The first-order valence-electron chi connectivity index (χ1n) is 14.9. The number of benzene rings is 2. The van der Waals surface area contributed by atoms with Crippen LogP contribution < -0.4 is 9.47 Å². The summed E-state index contributed by atoms with van der Waals surface area (Å²) in [6.45, 7) is -1.72. The van der Waals surface area contributed by atoms with Crippen molar-refractivity contribution in [2.45, 2.75) is 56.7 Å². The van der Waals surface area contributed by atoms with Crippen LogP contribution in [0.1, 0.15) is 58.2 Å². The summed E-state index contributed by atoms with van der Waals surface area (Å²) in [7, 11) is -3.32. The molecule has 0 saturated carbocycles. The number of pyridine rings is 1. The zero-order valence-electron chi connectivity index (χ0n) is 25.0. The van der Waals surface area contributed by atoms with Crippen molar-refractivity contribution in [2.24, 2.45) is 0 Å². The van der Waals surface area contributed by atoms with E-state index in [1.165, 1.54) is 18.2 Å². The highest BCUT2D eigenvalue weighted by Gasteiger charge is 2.37. The molecule has 246 valence electrons. The van der Waals surface area contributed by atoms with Crippen molar-refractivity contribution in [2.75, 3.05) is 18.8 Å². The Bertz CT molecular complexity index is 1970. The number of carbonyl (C=O) groups is 1. The molecule has 6 rings (SSSR count). The van der Waals surface area contributed by atoms with Gasteiger partial charge in [0, 0.05) is 29.8 Å². The minimum Gasteiger partial charge on any atom is -0.478 e. The fourth-order valence-corrected chi connectivity index (χ4v) is 7.30. The normalized spacial score (nSPS) is 18.1. The van der Waals surface area contributed by atoms with Gasteiger partial charge in [-0.05, 0) is 62.7 Å². The average Bonchev–Trinajstić information content (AvgIpc) is 3.39. The SMILES string of the molecule is N#Cc1ccc(COc2cccc(C3CCN(Cc4nc5c(OC(F)F)cc(C(=O)O)cc5n4C[C@@H]4CCS4(=O)=O)CC3)n2)c(F)c1. The first kappa shape index (κ1) is 32.3. The maximum atomic E-state index is 14.3. The molecule has 0 bridgehead atoms. The molecule has 0 spiro atoms. The monoisotopic (exact) mass is 669 g/mol. The smallest absolute Gasteiger partial charge is 0.387 e. The van der Waals surface area contributed by atoms with Crippen LogP contribution in [0.2, 0.25) is 0 Å². The molecular formula is C32H30F3N5O6S. The lowest BCUT2D eigenvalue weighted by Gasteiger charge is -2.32. The quantitative estimate of drug-likeness (QED) is 0.234. The third kappa shape index (κ3) is 7.03. The van der Waals surface area contributed by atoms with Crippen molar-refractivity contribution in [3.8, 4) is 17.7 Å². The molecule has 11 nitrogen and oxygen atoms in total. The predicted molar refractivity (Wildman–Crippen MR) is 162 cm³/mol. The topological polar surface area (TPSA) is 148 Å². The van der Waals surface area contributed by atoms with Crippen molar-refractivity contribution in [1.29, 1.82) is 5.26 Å². The molecule has 0 amide bonds. The van der Waals surface area contributed by atoms with E-state index in [1.54, 1.807) is 10.6 Å². The average molecular weight is 670 g/mol. The van der Waals surface area contributed by atoms with E-state index in [4.69, 9.17) is 10.00 Å². The minimum absolute atomic E-state index is 0.0188. The van der Waals surface area contributed by atoms with Gasteiger partial charge in [-0.15, -0.1) is 0 Å². The van der Waals surface area contributed by atoms with Gasteiger partial charge in [-0.1, -0.05) is 12.1 Å². The zero-order chi connectivity index (χ0) is 33.3. The van der Waals surface area contributed by atoms with Crippen molar-refractivity contribution in [1.82, 2.24) is 19.4 Å². The molecule has 1 atom stereocenters. The van der Waals surface area contributed by atoms with Crippen LogP contribution in [0.3, 0.4) is 0 Å². The van der Waals surface area contributed by atoms with Gasteiger partial charge in [0.15, 0.2) is 15.6 Å². The van der Waals surface area contributed by atoms with Gasteiger partial charge >= 0.3 is 12.6 Å². The predicted octanol–water partition coefficient (Wildman–Crippen LogP) is 4.89. The van der Waals surface area contributed by atoms with E-state index < -0.39 is 33.5 Å². The molecule has 0 radical (unpaired) electrons. The summed E-state index contributed by atoms with van der Waals surface area (Å²) in [5, 5.41) is 17.9. The second-order valence-electron chi connectivity index (χ2n) is 11.6. The lowest BCUT2D eigenvalue weighted by Crippen LogP contribution is -2.40. The van der Waals surface area contributed by atoms with E-state index in [9.17, 15) is 31.5 Å². The number of aromatic nitrogens is 3. The van der Waals surface area contributed by atoms with Crippen LogP contribution >= 0.6 is 0 Å². The molecule has 2 fully saturated rings. The highest BCUT2D eigenvalue weighted by molar-refractivity contribution is 7.93. The van der Waals surface area contributed by atoms with Crippen LogP contribution in [0.25, 0.3) is 11.0 Å². The number of rotatable bonds is 11. The Labute approximate surface area is 268 Å². The highest BCUT2D eigenvalue weighted by Crippen LogP contribution is 2.34. The minimum atomic E-state index is -3.32. The Morgan fingerprint density at radius 1 is 1.11 bits per heavy atom. The molecule has 4 aromatic rings. The Kier molecular flexibility index (Phi) is 9.07. The van der Waals surface area contributed by atoms with Crippen LogP contribution in [-0.4, -0.2) is 69.6 Å². The van der Waals surface area contributed by atoms with Gasteiger partial charge in [0.2, 0.25) is 5.88 Å². The molecule has 0 unspecified atom stereocenters. The summed E-state index contributed by atoms with van der Waals surface area (Å²) in [6, 6.07) is 13.8. The third-order valence-electron chi connectivity index (χ3n) is 8.65. The summed E-state index contributed by atoms with van der Waals surface area (Å²) < 4.78 is 77.6. The molecule has 2 aliphatic heterocycles. The van der Waals surface area contributed by atoms with Crippen molar-refractivity contribution >= 4 is 26.8 Å². The number of likely N-dealkylation sites (tertiary alicyclic amines) is 1. The number of imidazole rings is 1. The molecule has 1 N–H and O–H groups in total. The summed E-state index contributed by atoms with van der Waals surface area (Å²) in [5.41, 5.74) is 1.32. The molecule has 15 heteroatoms. The second kappa shape index (κ2) is 13.2. The Balaban J connectivity index is 1.18. The molecule has 4 heterocycles. The zero-order valence-corrected chi connectivity index (χ0v) is 25.8. The van der Waals surface area contributed by atoms with E-state index in [0.717, 1.165) is 30.7 Å². The maximum Gasteiger partial charge on any atom is 0.387 e. The lowest BCUT2D eigenvalue weighted by atomic mass is 9.93. The molecule has 0 aliphatic carbocycles. The van der Waals surface area contributed by atoms with E-state index >= 15 is 0 Å². The number of ether oxygens (including phenoxy) is 2. The number of piperidine rings is 1. The summed E-state index contributed by atoms with van der Waals surface area (Å²) in [6.07, 6.45) is 1.88. The lowest BCUT2D eigenvalue weighted by molar-refractivity contribution is -0.0489. The van der Waals surface area contributed by atoms with Gasteiger partial charge in [-0.3, -0.25) is 4.90 Å². The van der Waals surface area contributed by atoms with E-state index in [0.29, 0.717) is 36.8 Å². The molecule has 47 heavy (non-hydrogen) atoms. The van der Waals surface area contributed by atoms with E-state index in [-0.39, 0.29) is 59.3 Å². The summed E-state index contributed by atoms with van der Waals surface area (Å²) in [4.78, 5) is 23.1. The molecule has 2 aliphatic rings. The first-order valence-corrected chi connectivity index (χ1v) is 16.7. The third-order valence-corrected chi connectivity index (χ3v) is 10.9. The van der Waals surface area contributed by atoms with E-state index in [2.05, 4.69) is 19.6 Å². The fraction of sp³-hybridized carbons (Fsp3) is 0.375. The second-order valence-corrected chi connectivity index (χ2v) is 14.0. The number of halogens is 3. The van der Waals surface area contributed by atoms with Crippen LogP contribution in [0.15, 0.2) is 48.5 Å². The largest absolute Gasteiger partial charge is 0.478 e. The highest BCUT2D eigenvalue weighted by atomic mass is 32.2. The summed E-state index contributed by atoms with van der Waals surface area (Å²) in [5.74, 6) is -1.34. The Morgan fingerprint density at radius 3 is 2.53 bits per heavy atom. The van der Waals surface area contributed by atoms with Crippen LogP contribution in [0.5, 0.6) is 11.6 Å². The maximum absolute atomic E-state index is 14.3. The number of sulfone groups is 1. The van der Waals surface area contributed by atoms with Crippen LogP contribution in [0, 0.1) is 17.1 Å². The number of alkyl halides is 2.